The molecule has 2 rings (SSSR count). The normalized spacial score (nSPS) is 17.1. The molecule has 0 spiro atoms. The van der Waals surface area contributed by atoms with Gasteiger partial charge in [-0.3, -0.25) is 4.79 Å². The van der Waals surface area contributed by atoms with Gasteiger partial charge in [-0.2, -0.15) is 0 Å². The number of anilines is 1. The average Bonchev–Trinajstić information content (AvgIpc) is 3.01. The van der Waals surface area contributed by atoms with Crippen LogP contribution in [0.5, 0.6) is 0 Å². The first kappa shape index (κ1) is 17.0. The molecule has 0 radical (unpaired) electrons. The third kappa shape index (κ3) is 5.12. The standard InChI is InChI=1S/C15H20ClN3O2S/c1-10-12(16)5-2-6-13(10)19-14(20)9-18-15(22)17-8-11-4-3-7-21-11/h2,5-6,11H,3-4,7-9H2,1H3,(H,19,20)(H2,17,18,22)/t11-/m1/s1. The molecular weight excluding hydrogens is 322 g/mol. The zero-order chi connectivity index (χ0) is 15.9. The molecule has 7 heteroatoms. The van der Waals surface area contributed by atoms with E-state index < -0.39 is 0 Å². The largest absolute Gasteiger partial charge is 0.376 e. The third-order valence-electron chi connectivity index (χ3n) is 3.47. The van der Waals surface area contributed by atoms with Crippen molar-refractivity contribution in [2.75, 3.05) is 25.0 Å². The lowest BCUT2D eigenvalue weighted by Gasteiger charge is -2.14. The van der Waals surface area contributed by atoms with Crippen LogP contribution in [0.4, 0.5) is 5.69 Å². The Morgan fingerprint density at radius 1 is 1.45 bits per heavy atom. The number of halogens is 1. The second-order valence-electron chi connectivity index (χ2n) is 5.16. The van der Waals surface area contributed by atoms with E-state index >= 15 is 0 Å². The van der Waals surface area contributed by atoms with Gasteiger partial charge in [0.25, 0.3) is 0 Å². The molecule has 1 aromatic rings. The number of hydrogen-bond acceptors (Lipinski definition) is 3. The first-order chi connectivity index (χ1) is 10.6. The van der Waals surface area contributed by atoms with Gasteiger partial charge in [0.15, 0.2) is 5.11 Å². The van der Waals surface area contributed by atoms with E-state index in [1.54, 1.807) is 12.1 Å². The zero-order valence-electron chi connectivity index (χ0n) is 12.4. The van der Waals surface area contributed by atoms with Crippen molar-refractivity contribution in [1.29, 1.82) is 0 Å². The number of nitrogens with one attached hydrogen (secondary N) is 3. The highest BCUT2D eigenvalue weighted by atomic mass is 35.5. The highest BCUT2D eigenvalue weighted by Crippen LogP contribution is 2.22. The van der Waals surface area contributed by atoms with Crippen LogP contribution >= 0.6 is 23.8 Å². The molecule has 22 heavy (non-hydrogen) atoms. The Balaban J connectivity index is 1.70. The maximum atomic E-state index is 11.9. The zero-order valence-corrected chi connectivity index (χ0v) is 14.0. The first-order valence-corrected chi connectivity index (χ1v) is 8.03. The minimum Gasteiger partial charge on any atom is -0.376 e. The van der Waals surface area contributed by atoms with Crippen LogP contribution in [-0.2, 0) is 9.53 Å². The molecule has 1 amide bonds. The topological polar surface area (TPSA) is 62.4 Å². The summed E-state index contributed by atoms with van der Waals surface area (Å²) in [5.41, 5.74) is 1.55. The predicted octanol–water partition coefficient (Wildman–Crippen LogP) is 2.23. The molecule has 1 atom stereocenters. The summed E-state index contributed by atoms with van der Waals surface area (Å²) in [4.78, 5) is 11.9. The lowest BCUT2D eigenvalue weighted by atomic mass is 10.2. The average molecular weight is 342 g/mol. The van der Waals surface area contributed by atoms with Crippen LogP contribution in [0.1, 0.15) is 18.4 Å². The lowest BCUT2D eigenvalue weighted by molar-refractivity contribution is -0.115. The molecule has 0 unspecified atom stereocenters. The van der Waals surface area contributed by atoms with Crippen molar-refractivity contribution >= 4 is 40.5 Å². The molecule has 1 aromatic carbocycles. The second-order valence-corrected chi connectivity index (χ2v) is 5.97. The number of amides is 1. The van der Waals surface area contributed by atoms with E-state index in [1.807, 2.05) is 13.0 Å². The minimum absolute atomic E-state index is 0.101. The molecule has 3 N–H and O–H groups in total. The van der Waals surface area contributed by atoms with Crippen molar-refractivity contribution in [2.24, 2.45) is 0 Å². The molecule has 0 bridgehead atoms. The van der Waals surface area contributed by atoms with E-state index in [1.165, 1.54) is 0 Å². The Bertz CT molecular complexity index is 548. The van der Waals surface area contributed by atoms with Crippen LogP contribution in [0.15, 0.2) is 18.2 Å². The van der Waals surface area contributed by atoms with E-state index in [4.69, 9.17) is 28.6 Å². The van der Waals surface area contributed by atoms with Crippen molar-refractivity contribution < 1.29 is 9.53 Å². The van der Waals surface area contributed by atoms with Crippen LogP contribution < -0.4 is 16.0 Å². The van der Waals surface area contributed by atoms with Crippen molar-refractivity contribution in [3.05, 3.63) is 28.8 Å². The van der Waals surface area contributed by atoms with Crippen LogP contribution in [0.3, 0.4) is 0 Å². The second kappa shape index (κ2) is 8.31. The summed E-state index contributed by atoms with van der Waals surface area (Å²) in [6.45, 7) is 3.44. The molecule has 1 fully saturated rings. The van der Waals surface area contributed by atoms with Gasteiger partial charge in [0.2, 0.25) is 5.91 Å². The van der Waals surface area contributed by atoms with Crippen molar-refractivity contribution in [1.82, 2.24) is 10.6 Å². The summed E-state index contributed by atoms with van der Waals surface area (Å²) in [6, 6.07) is 5.40. The van der Waals surface area contributed by atoms with Gasteiger partial charge in [0, 0.05) is 23.9 Å². The van der Waals surface area contributed by atoms with Crippen molar-refractivity contribution in [3.63, 3.8) is 0 Å². The quantitative estimate of drug-likeness (QED) is 0.717. The van der Waals surface area contributed by atoms with E-state index in [0.717, 1.165) is 25.0 Å². The van der Waals surface area contributed by atoms with Crippen molar-refractivity contribution in [2.45, 2.75) is 25.9 Å². The number of carbonyl (C=O) groups excluding carboxylic acids is 1. The van der Waals surface area contributed by atoms with Crippen LogP contribution in [0, 0.1) is 6.92 Å². The van der Waals surface area contributed by atoms with E-state index in [-0.39, 0.29) is 18.6 Å². The summed E-state index contributed by atoms with van der Waals surface area (Å²) >= 11 is 11.2. The van der Waals surface area contributed by atoms with Crippen LogP contribution in [0.25, 0.3) is 0 Å². The molecule has 1 aliphatic heterocycles. The van der Waals surface area contributed by atoms with Gasteiger partial charge in [-0.25, -0.2) is 0 Å². The van der Waals surface area contributed by atoms with Gasteiger partial charge in [0.05, 0.1) is 12.6 Å². The monoisotopic (exact) mass is 341 g/mol. The fourth-order valence-electron chi connectivity index (χ4n) is 2.17. The predicted molar refractivity (Wildman–Crippen MR) is 92.4 cm³/mol. The Morgan fingerprint density at radius 3 is 3.00 bits per heavy atom. The maximum absolute atomic E-state index is 11.9. The first-order valence-electron chi connectivity index (χ1n) is 7.24. The van der Waals surface area contributed by atoms with Gasteiger partial charge < -0.3 is 20.7 Å². The van der Waals surface area contributed by atoms with Gasteiger partial charge in [-0.05, 0) is 49.7 Å². The molecule has 1 aliphatic rings. The highest BCUT2D eigenvalue weighted by molar-refractivity contribution is 7.80. The van der Waals surface area contributed by atoms with Gasteiger partial charge in [-0.1, -0.05) is 17.7 Å². The van der Waals surface area contributed by atoms with Gasteiger partial charge in [0.1, 0.15) is 0 Å². The number of ether oxygens (including phenoxy) is 1. The lowest BCUT2D eigenvalue weighted by Crippen LogP contribution is -2.42. The fraction of sp³-hybridized carbons (Fsp3) is 0.467. The molecule has 0 aromatic heterocycles. The maximum Gasteiger partial charge on any atom is 0.243 e. The third-order valence-corrected chi connectivity index (χ3v) is 4.16. The SMILES string of the molecule is Cc1c(Cl)cccc1NC(=O)CNC(=S)NC[C@H]1CCCO1. The Hall–Kier alpha value is -1.37. The van der Waals surface area contributed by atoms with Crippen molar-refractivity contribution in [3.8, 4) is 0 Å². The molecule has 0 aliphatic carbocycles. The summed E-state index contributed by atoms with van der Waals surface area (Å²) in [6.07, 6.45) is 2.35. The smallest absolute Gasteiger partial charge is 0.243 e. The summed E-state index contributed by atoms with van der Waals surface area (Å²) < 4.78 is 5.49. The molecule has 0 saturated carbocycles. The van der Waals surface area contributed by atoms with E-state index in [2.05, 4.69) is 16.0 Å². The molecule has 5 nitrogen and oxygen atoms in total. The molecule has 1 saturated heterocycles. The summed E-state index contributed by atoms with van der Waals surface area (Å²) in [5.74, 6) is -0.174. The fourth-order valence-corrected chi connectivity index (χ4v) is 2.50. The van der Waals surface area contributed by atoms with E-state index in [0.29, 0.717) is 22.4 Å². The van der Waals surface area contributed by atoms with Crippen LogP contribution in [-0.4, -0.2) is 36.8 Å². The van der Waals surface area contributed by atoms with Crippen LogP contribution in [0.2, 0.25) is 5.02 Å². The Labute approximate surface area is 140 Å². The summed E-state index contributed by atoms with van der Waals surface area (Å²) in [7, 11) is 0. The molecular formula is C15H20ClN3O2S. The minimum atomic E-state index is -0.174. The number of rotatable bonds is 5. The number of carbonyl (C=O) groups is 1. The molecule has 1 heterocycles. The highest BCUT2D eigenvalue weighted by Gasteiger charge is 2.15. The number of thiocarbonyl (C=S) groups is 1. The van der Waals surface area contributed by atoms with Gasteiger partial charge >= 0.3 is 0 Å². The molecule has 120 valence electrons. The number of benzene rings is 1. The Kier molecular flexibility index (Phi) is 6.42. The summed E-state index contributed by atoms with van der Waals surface area (Å²) in [5, 5.41) is 9.82. The van der Waals surface area contributed by atoms with Gasteiger partial charge in [-0.15, -0.1) is 0 Å². The van der Waals surface area contributed by atoms with E-state index in [9.17, 15) is 4.79 Å². The number of hydrogen-bond donors (Lipinski definition) is 3. The Morgan fingerprint density at radius 2 is 2.27 bits per heavy atom.